The molecule has 1 aromatic carbocycles. The summed E-state index contributed by atoms with van der Waals surface area (Å²) in [7, 11) is 0. The number of aromatic hydroxyl groups is 1. The van der Waals surface area contributed by atoms with Crippen molar-refractivity contribution in [3.05, 3.63) is 27.2 Å². The van der Waals surface area contributed by atoms with Crippen LogP contribution in [0.15, 0.2) is 10.5 Å². The van der Waals surface area contributed by atoms with Crippen LogP contribution in [0.4, 0.5) is 0 Å². The number of hydrogen-bond donors (Lipinski definition) is 2. The molecule has 2 N–H and O–H groups in total. The fourth-order valence-electron chi connectivity index (χ4n) is 2.74. The molecule has 3 heteroatoms. The van der Waals surface area contributed by atoms with Crippen molar-refractivity contribution in [2.75, 3.05) is 6.54 Å². The highest BCUT2D eigenvalue weighted by Crippen LogP contribution is 2.41. The van der Waals surface area contributed by atoms with Gasteiger partial charge in [-0.2, -0.15) is 0 Å². The van der Waals surface area contributed by atoms with Crippen LogP contribution in [-0.4, -0.2) is 11.7 Å². The van der Waals surface area contributed by atoms with E-state index in [9.17, 15) is 5.11 Å². The largest absolute Gasteiger partial charge is 0.507 e. The first kappa shape index (κ1) is 13.9. The van der Waals surface area contributed by atoms with Gasteiger partial charge in [-0.15, -0.1) is 0 Å². The first-order valence-corrected chi connectivity index (χ1v) is 7.57. The molecule has 2 rings (SSSR count). The van der Waals surface area contributed by atoms with Crippen molar-refractivity contribution in [1.82, 2.24) is 5.32 Å². The van der Waals surface area contributed by atoms with E-state index < -0.39 is 0 Å². The molecule has 1 aromatic rings. The molecular formula is C15H22BrNO. The molecule has 18 heavy (non-hydrogen) atoms. The summed E-state index contributed by atoms with van der Waals surface area (Å²) in [6.07, 6.45) is 3.59. The Hall–Kier alpha value is -0.540. The van der Waals surface area contributed by atoms with Gasteiger partial charge in [-0.25, -0.2) is 0 Å². The second-order valence-corrected chi connectivity index (χ2v) is 6.35. The number of phenols is 1. The fraction of sp³-hybridized carbons (Fsp3) is 0.600. The van der Waals surface area contributed by atoms with Gasteiger partial charge in [0.25, 0.3) is 0 Å². The second-order valence-electron chi connectivity index (χ2n) is 5.49. The number of benzene rings is 1. The Morgan fingerprint density at radius 3 is 2.67 bits per heavy atom. The molecule has 0 saturated carbocycles. The van der Waals surface area contributed by atoms with E-state index in [1.165, 1.54) is 12.8 Å². The number of nitrogens with one attached hydrogen (secondary N) is 1. The van der Waals surface area contributed by atoms with Gasteiger partial charge in [0.1, 0.15) is 5.75 Å². The lowest BCUT2D eigenvalue weighted by molar-refractivity contribution is 0.386. The Bertz CT molecular complexity index is 437. The summed E-state index contributed by atoms with van der Waals surface area (Å²) in [5.74, 6) is 0.828. The maximum Gasteiger partial charge on any atom is 0.124 e. The third-order valence-electron chi connectivity index (χ3n) is 3.85. The molecule has 0 aromatic heterocycles. The van der Waals surface area contributed by atoms with Gasteiger partial charge in [0.05, 0.1) is 0 Å². The zero-order valence-electron chi connectivity index (χ0n) is 11.4. The number of rotatable bonds is 2. The van der Waals surface area contributed by atoms with Crippen molar-refractivity contribution in [3.63, 3.8) is 0 Å². The number of phenolic OH excluding ortho intramolecular Hbond substituents is 1. The van der Waals surface area contributed by atoms with Crippen molar-refractivity contribution in [1.29, 1.82) is 0 Å². The predicted octanol–water partition coefficient (Wildman–Crippen LogP) is 4.40. The van der Waals surface area contributed by atoms with E-state index in [0.717, 1.165) is 34.1 Å². The van der Waals surface area contributed by atoms with Gasteiger partial charge >= 0.3 is 0 Å². The monoisotopic (exact) mass is 311 g/mol. The third kappa shape index (κ3) is 2.57. The van der Waals surface area contributed by atoms with Crippen LogP contribution in [0.3, 0.4) is 0 Å². The van der Waals surface area contributed by atoms with E-state index in [-0.39, 0.29) is 0 Å². The third-order valence-corrected chi connectivity index (χ3v) is 4.68. The number of hydrogen-bond acceptors (Lipinski definition) is 2. The Morgan fingerprint density at radius 1 is 1.39 bits per heavy atom. The van der Waals surface area contributed by atoms with E-state index in [1.807, 2.05) is 0 Å². The zero-order chi connectivity index (χ0) is 13.3. The van der Waals surface area contributed by atoms with Gasteiger partial charge in [-0.3, -0.25) is 0 Å². The van der Waals surface area contributed by atoms with Crippen LogP contribution in [-0.2, 0) is 0 Å². The minimum absolute atomic E-state index is 0.300. The highest BCUT2D eigenvalue weighted by molar-refractivity contribution is 9.10. The van der Waals surface area contributed by atoms with Crippen molar-refractivity contribution in [2.24, 2.45) is 0 Å². The Morgan fingerprint density at radius 2 is 2.11 bits per heavy atom. The molecule has 1 fully saturated rings. The van der Waals surface area contributed by atoms with Crippen LogP contribution in [0, 0.1) is 6.92 Å². The summed E-state index contributed by atoms with van der Waals surface area (Å²) in [6, 6.07) is 2.36. The van der Waals surface area contributed by atoms with Crippen LogP contribution in [0.1, 0.15) is 61.8 Å². The summed E-state index contributed by atoms with van der Waals surface area (Å²) < 4.78 is 1.10. The zero-order valence-corrected chi connectivity index (χ0v) is 13.0. The van der Waals surface area contributed by atoms with Gasteiger partial charge in [0.2, 0.25) is 0 Å². The van der Waals surface area contributed by atoms with Gasteiger partial charge in [0.15, 0.2) is 0 Å². The van der Waals surface area contributed by atoms with Crippen molar-refractivity contribution in [3.8, 4) is 5.75 Å². The normalized spacial score (nSPS) is 20.4. The van der Waals surface area contributed by atoms with Crippen LogP contribution < -0.4 is 5.32 Å². The molecule has 2 nitrogen and oxygen atoms in total. The standard InChI is InChI=1S/C15H22BrNO/c1-9(2)11-8-12(16)10(3)14(15(11)18)13-6-4-5-7-17-13/h8-9,13,17-18H,4-7H2,1-3H3. The van der Waals surface area contributed by atoms with Crippen molar-refractivity contribution < 1.29 is 5.11 Å². The van der Waals surface area contributed by atoms with E-state index >= 15 is 0 Å². The number of piperidine rings is 1. The van der Waals surface area contributed by atoms with Crippen LogP contribution >= 0.6 is 15.9 Å². The summed E-state index contributed by atoms with van der Waals surface area (Å²) in [5, 5.41) is 14.1. The maximum atomic E-state index is 10.6. The number of halogens is 1. The SMILES string of the molecule is Cc1c(Br)cc(C(C)C)c(O)c1C1CCCCN1. The quantitative estimate of drug-likeness (QED) is 0.848. The smallest absolute Gasteiger partial charge is 0.124 e. The summed E-state index contributed by atoms with van der Waals surface area (Å²) in [5.41, 5.74) is 3.29. The molecule has 1 aliphatic rings. The topological polar surface area (TPSA) is 32.3 Å². The second kappa shape index (κ2) is 5.62. The molecule has 0 spiro atoms. The van der Waals surface area contributed by atoms with Gasteiger partial charge in [-0.05, 0) is 49.4 Å². The average Bonchev–Trinajstić information content (AvgIpc) is 2.35. The van der Waals surface area contributed by atoms with Gasteiger partial charge < -0.3 is 10.4 Å². The molecule has 100 valence electrons. The van der Waals surface area contributed by atoms with Crippen LogP contribution in [0.25, 0.3) is 0 Å². The fourth-order valence-corrected chi connectivity index (χ4v) is 3.20. The predicted molar refractivity (Wildman–Crippen MR) is 79.2 cm³/mol. The first-order valence-electron chi connectivity index (χ1n) is 6.77. The Kier molecular flexibility index (Phi) is 4.33. The van der Waals surface area contributed by atoms with Crippen molar-refractivity contribution >= 4 is 15.9 Å². The van der Waals surface area contributed by atoms with E-state index in [4.69, 9.17) is 0 Å². The molecule has 0 bridgehead atoms. The van der Waals surface area contributed by atoms with Gasteiger partial charge in [-0.1, -0.05) is 36.2 Å². The molecule has 1 aliphatic heterocycles. The molecule has 1 unspecified atom stereocenters. The highest BCUT2D eigenvalue weighted by Gasteiger charge is 2.24. The molecule has 0 aliphatic carbocycles. The maximum absolute atomic E-state index is 10.6. The first-order chi connectivity index (χ1) is 8.52. The average molecular weight is 312 g/mol. The molecule has 1 heterocycles. The van der Waals surface area contributed by atoms with Crippen LogP contribution in [0.2, 0.25) is 0 Å². The van der Waals surface area contributed by atoms with Crippen molar-refractivity contribution in [2.45, 2.75) is 52.0 Å². The van der Waals surface area contributed by atoms with E-state index in [0.29, 0.717) is 17.7 Å². The highest BCUT2D eigenvalue weighted by atomic mass is 79.9. The molecule has 0 radical (unpaired) electrons. The molecular weight excluding hydrogens is 290 g/mol. The summed E-state index contributed by atoms with van der Waals surface area (Å²) >= 11 is 3.63. The Labute approximate surface area is 118 Å². The summed E-state index contributed by atoms with van der Waals surface area (Å²) in [6.45, 7) is 7.37. The van der Waals surface area contributed by atoms with Crippen LogP contribution in [0.5, 0.6) is 5.75 Å². The lowest BCUT2D eigenvalue weighted by Crippen LogP contribution is -2.27. The van der Waals surface area contributed by atoms with E-state index in [1.54, 1.807) is 0 Å². The van der Waals surface area contributed by atoms with Gasteiger partial charge in [0, 0.05) is 16.1 Å². The Balaban J connectivity index is 2.49. The molecule has 1 saturated heterocycles. The minimum Gasteiger partial charge on any atom is -0.507 e. The lowest BCUT2D eigenvalue weighted by Gasteiger charge is -2.28. The molecule has 1 atom stereocenters. The lowest BCUT2D eigenvalue weighted by atomic mass is 9.89. The molecule has 0 amide bonds. The minimum atomic E-state index is 0.300. The summed E-state index contributed by atoms with van der Waals surface area (Å²) in [4.78, 5) is 0. The van der Waals surface area contributed by atoms with E-state index in [2.05, 4.69) is 48.1 Å².